The molecule has 3 rings (SSSR count). The van der Waals surface area contributed by atoms with Gasteiger partial charge in [0.1, 0.15) is 12.3 Å². The van der Waals surface area contributed by atoms with E-state index in [2.05, 4.69) is 10.5 Å². The van der Waals surface area contributed by atoms with Crippen molar-refractivity contribution in [3.63, 3.8) is 0 Å². The van der Waals surface area contributed by atoms with Crippen molar-refractivity contribution >= 4 is 45.3 Å². The Labute approximate surface area is 220 Å². The van der Waals surface area contributed by atoms with E-state index in [-0.39, 0.29) is 16.5 Å². The second-order valence-corrected chi connectivity index (χ2v) is 9.88. The minimum Gasteiger partial charge on any atom is -0.484 e. The Bertz CT molecular complexity index is 1430. The molecular weight excluding hydrogens is 549 g/mol. The number of amides is 2. The summed E-state index contributed by atoms with van der Waals surface area (Å²) in [7, 11) is -4.51. The molecule has 0 aliphatic carbocycles. The summed E-state index contributed by atoms with van der Waals surface area (Å²) in [6, 6.07) is 15.2. The minimum absolute atomic E-state index is 0.261. The fourth-order valence-corrected chi connectivity index (χ4v) is 4.77. The molecule has 0 spiro atoms. The second-order valence-electron chi connectivity index (χ2n) is 7.61. The number of carbonyl (C=O) groups is 2. The number of hydrogen-bond donors (Lipinski definition) is 2. The highest BCUT2D eigenvalue weighted by atomic mass is 35.5. The number of rotatable bonds is 10. The highest BCUT2D eigenvalue weighted by Crippen LogP contribution is 2.37. The first-order valence-corrected chi connectivity index (χ1v) is 12.5. The van der Waals surface area contributed by atoms with Crippen LogP contribution in [0.1, 0.15) is 11.1 Å². The van der Waals surface area contributed by atoms with Crippen molar-refractivity contribution in [3.8, 4) is 5.75 Å². The maximum atomic E-state index is 13.3. The highest BCUT2D eigenvalue weighted by molar-refractivity contribution is 7.92. The van der Waals surface area contributed by atoms with Crippen molar-refractivity contribution in [2.45, 2.75) is 11.1 Å². The van der Waals surface area contributed by atoms with E-state index in [0.717, 1.165) is 6.07 Å². The number of hydrogen-bond acceptors (Lipinski definition) is 6. The van der Waals surface area contributed by atoms with Crippen LogP contribution in [0.4, 0.5) is 18.9 Å². The van der Waals surface area contributed by atoms with Crippen LogP contribution in [0.5, 0.6) is 5.75 Å². The molecule has 0 saturated heterocycles. The largest absolute Gasteiger partial charge is 0.484 e. The van der Waals surface area contributed by atoms with Crippen LogP contribution in [0.15, 0.2) is 82.8 Å². The van der Waals surface area contributed by atoms with Crippen molar-refractivity contribution < 1.29 is 35.9 Å². The molecule has 14 heteroatoms. The van der Waals surface area contributed by atoms with Gasteiger partial charge in [-0.05, 0) is 60.2 Å². The van der Waals surface area contributed by atoms with E-state index in [9.17, 15) is 31.2 Å². The van der Waals surface area contributed by atoms with Gasteiger partial charge >= 0.3 is 6.18 Å². The molecule has 0 heterocycles. The Kier molecular flexibility index (Phi) is 8.96. The monoisotopic (exact) mass is 568 g/mol. The molecule has 0 fully saturated rings. The fourth-order valence-electron chi connectivity index (χ4n) is 3.05. The average molecular weight is 569 g/mol. The Morgan fingerprint density at radius 1 is 1.05 bits per heavy atom. The molecule has 0 aliphatic heterocycles. The van der Waals surface area contributed by atoms with Gasteiger partial charge in [-0.1, -0.05) is 29.8 Å². The van der Waals surface area contributed by atoms with Gasteiger partial charge in [-0.3, -0.25) is 13.9 Å². The van der Waals surface area contributed by atoms with Gasteiger partial charge in [-0.2, -0.15) is 18.3 Å². The molecule has 38 heavy (non-hydrogen) atoms. The predicted octanol–water partition coefficient (Wildman–Crippen LogP) is 3.57. The van der Waals surface area contributed by atoms with Gasteiger partial charge in [0.05, 0.1) is 27.4 Å². The summed E-state index contributed by atoms with van der Waals surface area (Å²) >= 11 is 6.08. The number of alkyl halides is 3. The van der Waals surface area contributed by atoms with Crippen molar-refractivity contribution in [1.82, 2.24) is 5.43 Å². The number of primary amides is 1. The Morgan fingerprint density at radius 2 is 1.71 bits per heavy atom. The molecule has 0 bridgehead atoms. The molecule has 3 aromatic carbocycles. The lowest BCUT2D eigenvalue weighted by molar-refractivity contribution is -0.137. The summed E-state index contributed by atoms with van der Waals surface area (Å²) < 4.78 is 72.3. The molecule has 200 valence electrons. The molecule has 0 unspecified atom stereocenters. The van der Waals surface area contributed by atoms with Crippen LogP contribution in [-0.2, 0) is 25.8 Å². The van der Waals surface area contributed by atoms with Gasteiger partial charge < -0.3 is 10.5 Å². The Hall–Kier alpha value is -4.10. The van der Waals surface area contributed by atoms with E-state index in [1.54, 1.807) is 18.2 Å². The third kappa shape index (κ3) is 7.46. The Balaban J connectivity index is 1.84. The normalized spacial score (nSPS) is 11.8. The van der Waals surface area contributed by atoms with Crippen molar-refractivity contribution in [1.29, 1.82) is 0 Å². The van der Waals surface area contributed by atoms with Crippen molar-refractivity contribution in [2.75, 3.05) is 17.5 Å². The third-order valence-electron chi connectivity index (χ3n) is 4.82. The van der Waals surface area contributed by atoms with Gasteiger partial charge in [-0.25, -0.2) is 13.8 Å². The van der Waals surface area contributed by atoms with Crippen molar-refractivity contribution in [3.05, 3.63) is 88.9 Å². The highest BCUT2D eigenvalue weighted by Gasteiger charge is 2.34. The SMILES string of the molecule is NC(=O)COc1ccc(/C=N/NC(=O)CN(c2cc(C(F)(F)F)ccc2Cl)S(=O)(=O)c2ccccc2)cc1. The fraction of sp³-hybridized carbons (Fsp3) is 0.125. The van der Waals surface area contributed by atoms with Crippen LogP contribution in [0, 0.1) is 0 Å². The van der Waals surface area contributed by atoms with Crippen LogP contribution in [0.25, 0.3) is 0 Å². The van der Waals surface area contributed by atoms with Gasteiger partial charge in [0.15, 0.2) is 6.61 Å². The molecule has 0 radical (unpaired) electrons. The molecule has 0 aliphatic rings. The van der Waals surface area contributed by atoms with Crippen LogP contribution < -0.4 is 20.2 Å². The number of nitrogens with one attached hydrogen (secondary N) is 1. The van der Waals surface area contributed by atoms with Crippen LogP contribution in [-0.4, -0.2) is 39.6 Å². The van der Waals surface area contributed by atoms with Gasteiger partial charge in [0.2, 0.25) is 0 Å². The number of ether oxygens (including phenoxy) is 1. The first kappa shape index (κ1) is 28.5. The predicted molar refractivity (Wildman–Crippen MR) is 134 cm³/mol. The number of hydrazone groups is 1. The summed E-state index contributed by atoms with van der Waals surface area (Å²) in [6.45, 7) is -1.22. The number of benzene rings is 3. The second kappa shape index (κ2) is 12.0. The summed E-state index contributed by atoms with van der Waals surface area (Å²) in [6.07, 6.45) is -3.54. The molecule has 3 N–H and O–H groups in total. The minimum atomic E-state index is -4.78. The summed E-state index contributed by atoms with van der Waals surface area (Å²) in [5, 5.41) is 3.44. The molecular formula is C24H20ClF3N4O5S. The van der Waals surface area contributed by atoms with E-state index in [1.165, 1.54) is 42.6 Å². The Morgan fingerprint density at radius 3 is 2.32 bits per heavy atom. The first-order valence-electron chi connectivity index (χ1n) is 10.7. The topological polar surface area (TPSA) is 131 Å². The summed E-state index contributed by atoms with van der Waals surface area (Å²) in [5.74, 6) is -1.23. The number of nitrogens with zero attached hydrogens (tertiary/aromatic N) is 2. The maximum absolute atomic E-state index is 13.3. The summed E-state index contributed by atoms with van der Waals surface area (Å²) in [5.41, 5.74) is 5.98. The van der Waals surface area contributed by atoms with E-state index in [1.807, 2.05) is 0 Å². The van der Waals surface area contributed by atoms with Crippen LogP contribution >= 0.6 is 11.6 Å². The zero-order valence-electron chi connectivity index (χ0n) is 19.4. The van der Waals surface area contributed by atoms with E-state index >= 15 is 0 Å². The van der Waals surface area contributed by atoms with E-state index < -0.39 is 45.8 Å². The van der Waals surface area contributed by atoms with Crippen molar-refractivity contribution in [2.24, 2.45) is 10.8 Å². The quantitative estimate of drug-likeness (QED) is 0.285. The lowest BCUT2D eigenvalue weighted by atomic mass is 10.2. The number of halogens is 4. The third-order valence-corrected chi connectivity index (χ3v) is 6.92. The van der Waals surface area contributed by atoms with Gasteiger partial charge in [0.25, 0.3) is 21.8 Å². The smallest absolute Gasteiger partial charge is 0.416 e. The van der Waals surface area contributed by atoms with Crippen LogP contribution in [0.2, 0.25) is 5.02 Å². The lowest BCUT2D eigenvalue weighted by Gasteiger charge is -2.25. The number of carbonyl (C=O) groups excluding carboxylic acids is 2. The van der Waals surface area contributed by atoms with Gasteiger partial charge in [-0.15, -0.1) is 0 Å². The molecule has 0 atom stereocenters. The number of sulfonamides is 1. The number of nitrogens with two attached hydrogens (primary N) is 1. The molecule has 3 aromatic rings. The standard InChI is InChI=1S/C24H20ClF3N4O5S/c25-20-11-8-17(24(26,27)28)12-21(20)32(38(35,36)19-4-2-1-3-5-19)14-23(34)31-30-13-16-6-9-18(10-7-16)37-15-22(29)33/h1-13H,14-15H2,(H2,29,33)(H,31,34)/b30-13+. The van der Waals surface area contributed by atoms with E-state index in [0.29, 0.717) is 27.8 Å². The lowest BCUT2D eigenvalue weighted by Crippen LogP contribution is -2.40. The average Bonchev–Trinajstić information content (AvgIpc) is 2.87. The van der Waals surface area contributed by atoms with Gasteiger partial charge in [0, 0.05) is 0 Å². The maximum Gasteiger partial charge on any atom is 0.416 e. The molecule has 2 amide bonds. The molecule has 0 aromatic heterocycles. The molecule has 0 saturated carbocycles. The summed E-state index contributed by atoms with van der Waals surface area (Å²) in [4.78, 5) is 23.1. The number of anilines is 1. The first-order chi connectivity index (χ1) is 17.9. The molecule has 9 nitrogen and oxygen atoms in total. The van der Waals surface area contributed by atoms with E-state index in [4.69, 9.17) is 22.1 Å². The zero-order chi connectivity index (χ0) is 27.9. The zero-order valence-corrected chi connectivity index (χ0v) is 20.9. The van der Waals surface area contributed by atoms with Crippen LogP contribution in [0.3, 0.4) is 0 Å².